The standard InChI is InChI=1S/C32H43ClFN5O6S/c33-26-20-35-31(36-21-26)38-12-8-24(9-13-38)4-3-16-45-27-7-6-25(28(34)19-27)18-30(41)37-14-10-32(11-15-37)22-39(23-32)29(40)5-1-2-17-46(42,43)44/h6-7,19-21,24H,1-5,8-18,22-23H2,(H,42,43,44). The van der Waals surface area contributed by atoms with Crippen molar-refractivity contribution in [1.29, 1.82) is 0 Å². The topological polar surface area (TPSA) is 133 Å². The average molecular weight is 680 g/mol. The van der Waals surface area contributed by atoms with Crippen molar-refractivity contribution >= 4 is 39.5 Å². The molecular weight excluding hydrogens is 637 g/mol. The maximum Gasteiger partial charge on any atom is 0.264 e. The molecule has 1 aromatic heterocycles. The van der Waals surface area contributed by atoms with E-state index in [1.807, 2.05) is 0 Å². The number of unbranched alkanes of at least 4 members (excludes halogenated alkanes) is 1. The lowest BCUT2D eigenvalue weighted by atomic mass is 9.71. The maximum absolute atomic E-state index is 14.9. The first-order valence-electron chi connectivity index (χ1n) is 16.1. The molecule has 1 aromatic carbocycles. The molecule has 1 N–H and O–H groups in total. The van der Waals surface area contributed by atoms with Crippen LogP contribution in [0.1, 0.15) is 63.4 Å². The van der Waals surface area contributed by atoms with Crippen LogP contribution in [0.15, 0.2) is 30.6 Å². The molecule has 5 rings (SSSR count). The fourth-order valence-corrected chi connectivity index (χ4v) is 7.36. The summed E-state index contributed by atoms with van der Waals surface area (Å²) in [5.74, 6) is 0.885. The van der Waals surface area contributed by atoms with Crippen LogP contribution in [0.25, 0.3) is 0 Å². The molecule has 0 saturated carbocycles. The SMILES string of the molecule is O=C(Cc1ccc(OCCCC2CCN(c3ncc(Cl)cn3)CC2)cc1F)N1CCC2(CC1)CN(C(=O)CCCCS(=O)(=O)O)C2. The van der Waals surface area contributed by atoms with Gasteiger partial charge in [0, 0.05) is 57.2 Å². The molecule has 4 heterocycles. The molecule has 2 aromatic rings. The maximum atomic E-state index is 14.9. The molecule has 1 spiro atoms. The Morgan fingerprint density at radius 3 is 2.35 bits per heavy atom. The first kappa shape index (κ1) is 34.3. The summed E-state index contributed by atoms with van der Waals surface area (Å²) >= 11 is 5.88. The molecule has 3 aliphatic rings. The van der Waals surface area contributed by atoms with E-state index in [0.717, 1.165) is 51.6 Å². The zero-order chi connectivity index (χ0) is 32.7. The minimum atomic E-state index is -4.00. The monoisotopic (exact) mass is 679 g/mol. The summed E-state index contributed by atoms with van der Waals surface area (Å²) in [4.78, 5) is 39.7. The Kier molecular flexibility index (Phi) is 11.4. The Morgan fingerprint density at radius 2 is 1.70 bits per heavy atom. The number of nitrogens with zero attached hydrogens (tertiary/aromatic N) is 5. The van der Waals surface area contributed by atoms with Crippen LogP contribution < -0.4 is 9.64 Å². The van der Waals surface area contributed by atoms with Gasteiger partial charge >= 0.3 is 0 Å². The van der Waals surface area contributed by atoms with Gasteiger partial charge < -0.3 is 19.4 Å². The van der Waals surface area contributed by atoms with Gasteiger partial charge in [0.05, 0.1) is 36.2 Å². The number of benzene rings is 1. The van der Waals surface area contributed by atoms with Crippen LogP contribution in [0.4, 0.5) is 10.3 Å². The summed E-state index contributed by atoms with van der Waals surface area (Å²) in [5.41, 5.74) is 0.359. The van der Waals surface area contributed by atoms with Gasteiger partial charge in [-0.15, -0.1) is 0 Å². The molecule has 3 saturated heterocycles. The third kappa shape index (κ3) is 9.51. The summed E-state index contributed by atoms with van der Waals surface area (Å²) in [6.45, 7) is 4.75. The van der Waals surface area contributed by atoms with Crippen LogP contribution in [0, 0.1) is 17.2 Å². The molecule has 3 fully saturated rings. The smallest absolute Gasteiger partial charge is 0.264 e. The molecule has 0 bridgehead atoms. The molecule has 0 unspecified atom stereocenters. The van der Waals surface area contributed by atoms with Crippen molar-refractivity contribution in [1.82, 2.24) is 19.8 Å². The molecule has 0 atom stereocenters. The number of carbonyl (C=O) groups is 2. The second-order valence-electron chi connectivity index (χ2n) is 12.9. The number of aromatic nitrogens is 2. The van der Waals surface area contributed by atoms with E-state index in [2.05, 4.69) is 14.9 Å². The molecule has 46 heavy (non-hydrogen) atoms. The van der Waals surface area contributed by atoms with Crippen LogP contribution >= 0.6 is 11.6 Å². The third-order valence-corrected chi connectivity index (χ3v) is 10.5. The van der Waals surface area contributed by atoms with Gasteiger partial charge in [0.2, 0.25) is 17.8 Å². The molecule has 0 radical (unpaired) electrons. The highest BCUT2D eigenvalue weighted by Crippen LogP contribution is 2.41. The van der Waals surface area contributed by atoms with Gasteiger partial charge in [-0.1, -0.05) is 17.7 Å². The summed E-state index contributed by atoms with van der Waals surface area (Å²) in [5, 5.41) is 0.529. The van der Waals surface area contributed by atoms with E-state index in [4.69, 9.17) is 20.9 Å². The van der Waals surface area contributed by atoms with Crippen molar-refractivity contribution in [2.45, 2.75) is 64.2 Å². The summed E-state index contributed by atoms with van der Waals surface area (Å²) in [6, 6.07) is 4.72. The van der Waals surface area contributed by atoms with Gasteiger partial charge in [-0.25, -0.2) is 14.4 Å². The third-order valence-electron chi connectivity index (χ3n) is 9.52. The second-order valence-corrected chi connectivity index (χ2v) is 14.9. The van der Waals surface area contributed by atoms with E-state index >= 15 is 0 Å². The molecule has 14 heteroatoms. The number of piperidine rings is 2. The van der Waals surface area contributed by atoms with Crippen molar-refractivity contribution < 1.29 is 31.7 Å². The van der Waals surface area contributed by atoms with Gasteiger partial charge in [0.15, 0.2) is 0 Å². The minimum Gasteiger partial charge on any atom is -0.493 e. The molecule has 11 nitrogen and oxygen atoms in total. The molecule has 252 valence electrons. The Balaban J connectivity index is 0.959. The van der Waals surface area contributed by atoms with Gasteiger partial charge in [-0.3, -0.25) is 14.1 Å². The Bertz CT molecular complexity index is 1460. The lowest BCUT2D eigenvalue weighted by Crippen LogP contribution is -2.62. The molecular formula is C32H43ClFN5O6S. The van der Waals surface area contributed by atoms with E-state index < -0.39 is 15.9 Å². The Morgan fingerprint density at radius 1 is 1.00 bits per heavy atom. The van der Waals surface area contributed by atoms with Crippen LogP contribution in [-0.2, 0) is 26.1 Å². The van der Waals surface area contributed by atoms with Crippen LogP contribution in [0.3, 0.4) is 0 Å². The number of halogens is 2. The van der Waals surface area contributed by atoms with Crippen LogP contribution in [0.2, 0.25) is 5.02 Å². The van der Waals surface area contributed by atoms with Crippen molar-refractivity contribution in [3.63, 3.8) is 0 Å². The lowest BCUT2D eigenvalue weighted by Gasteiger charge is -2.54. The zero-order valence-electron chi connectivity index (χ0n) is 26.1. The van der Waals surface area contributed by atoms with Crippen LogP contribution in [-0.4, -0.2) is 96.2 Å². The summed E-state index contributed by atoms with van der Waals surface area (Å²) < 4.78 is 51.2. The van der Waals surface area contributed by atoms with E-state index in [-0.39, 0.29) is 42.2 Å². The van der Waals surface area contributed by atoms with Crippen LogP contribution in [0.5, 0.6) is 5.75 Å². The number of carbonyl (C=O) groups excluding carboxylic acids is 2. The van der Waals surface area contributed by atoms with Gasteiger partial charge in [0.25, 0.3) is 10.1 Å². The number of rotatable bonds is 13. The van der Waals surface area contributed by atoms with E-state index in [9.17, 15) is 22.4 Å². The number of likely N-dealkylation sites (tertiary alicyclic amines) is 2. The normalized spacial score (nSPS) is 18.5. The predicted molar refractivity (Wildman–Crippen MR) is 172 cm³/mol. The Labute approximate surface area is 275 Å². The Hall–Kier alpha value is -3.03. The van der Waals surface area contributed by atoms with Crippen molar-refractivity contribution in [3.8, 4) is 5.75 Å². The van der Waals surface area contributed by atoms with Gasteiger partial charge in [-0.2, -0.15) is 8.42 Å². The number of hydrogen-bond donors (Lipinski definition) is 1. The first-order valence-corrected chi connectivity index (χ1v) is 18.1. The number of anilines is 1. The highest BCUT2D eigenvalue weighted by molar-refractivity contribution is 7.85. The van der Waals surface area contributed by atoms with E-state index in [1.54, 1.807) is 34.3 Å². The van der Waals surface area contributed by atoms with Crippen molar-refractivity contribution in [2.24, 2.45) is 11.3 Å². The largest absolute Gasteiger partial charge is 0.493 e. The van der Waals surface area contributed by atoms with Crippen molar-refractivity contribution in [2.75, 3.05) is 56.5 Å². The predicted octanol–water partition coefficient (Wildman–Crippen LogP) is 4.40. The first-order chi connectivity index (χ1) is 22.0. The fraction of sp³-hybridized carbons (Fsp3) is 0.625. The van der Waals surface area contributed by atoms with Gasteiger partial charge in [0.1, 0.15) is 11.6 Å². The summed E-state index contributed by atoms with van der Waals surface area (Å²) in [7, 11) is -4.00. The number of ether oxygens (including phenoxy) is 1. The molecule has 2 amide bonds. The van der Waals surface area contributed by atoms with Crippen molar-refractivity contribution in [3.05, 3.63) is 47.0 Å². The average Bonchev–Trinajstić information content (AvgIpc) is 3.01. The van der Waals surface area contributed by atoms with E-state index in [0.29, 0.717) is 67.4 Å². The highest BCUT2D eigenvalue weighted by Gasteiger charge is 2.46. The van der Waals surface area contributed by atoms with Gasteiger partial charge in [-0.05, 0) is 68.9 Å². The zero-order valence-corrected chi connectivity index (χ0v) is 27.7. The lowest BCUT2D eigenvalue weighted by molar-refractivity contribution is -0.150. The van der Waals surface area contributed by atoms with E-state index in [1.165, 1.54) is 6.07 Å². The second kappa shape index (κ2) is 15.2. The quantitative estimate of drug-likeness (QED) is 0.242. The fourth-order valence-electron chi connectivity index (χ4n) is 6.69. The number of amides is 2. The molecule has 3 aliphatic heterocycles. The molecule has 0 aliphatic carbocycles. The highest BCUT2D eigenvalue weighted by atomic mass is 35.5. The number of hydrogen-bond acceptors (Lipinski definition) is 8. The summed E-state index contributed by atoms with van der Waals surface area (Å²) in [6.07, 6.45) is 9.76. The minimum absolute atomic E-state index is 0.00690.